The predicted octanol–water partition coefficient (Wildman–Crippen LogP) is 1.55. The smallest absolute Gasteiger partial charge is 0.278 e. The molecule has 2 aromatic rings. The molecule has 0 spiro atoms. The lowest BCUT2D eigenvalue weighted by molar-refractivity contribution is -0.118. The summed E-state index contributed by atoms with van der Waals surface area (Å²) in [5, 5.41) is 0. The summed E-state index contributed by atoms with van der Waals surface area (Å²) < 4.78 is 39.6. The lowest BCUT2D eigenvalue weighted by Crippen LogP contribution is -2.44. The van der Waals surface area contributed by atoms with E-state index in [0.717, 1.165) is 23.2 Å². The maximum Gasteiger partial charge on any atom is 0.278 e. The Morgan fingerprint density at radius 1 is 1.03 bits per heavy atom. The van der Waals surface area contributed by atoms with Crippen molar-refractivity contribution in [3.05, 3.63) is 35.7 Å². The number of carbonyl (C=O) groups excluding carboxylic acids is 1. The van der Waals surface area contributed by atoms with Crippen LogP contribution in [0.5, 0.6) is 11.8 Å². The zero-order valence-electron chi connectivity index (χ0n) is 17.3. The quantitative estimate of drug-likeness (QED) is 0.690. The van der Waals surface area contributed by atoms with Gasteiger partial charge in [0.1, 0.15) is 6.10 Å². The number of ether oxygens (including phenoxy) is 2. The molecule has 31 heavy (non-hydrogen) atoms. The van der Waals surface area contributed by atoms with Gasteiger partial charge in [-0.3, -0.25) is 4.79 Å². The van der Waals surface area contributed by atoms with E-state index in [0.29, 0.717) is 43.7 Å². The van der Waals surface area contributed by atoms with E-state index >= 15 is 0 Å². The van der Waals surface area contributed by atoms with Gasteiger partial charge in [-0.15, -0.1) is 0 Å². The number of aryl methyl sites for hydroxylation is 1. The number of benzene rings is 1. The molecule has 0 radical (unpaired) electrons. The lowest BCUT2D eigenvalue weighted by Gasteiger charge is -2.32. The summed E-state index contributed by atoms with van der Waals surface area (Å²) in [6.45, 7) is 1.31. The third-order valence-corrected chi connectivity index (χ3v) is 7.95. The Hall–Kier alpha value is -2.72. The van der Waals surface area contributed by atoms with Gasteiger partial charge in [-0.2, -0.15) is 4.31 Å². The molecule has 164 valence electrons. The normalized spacial score (nSPS) is 21.1. The summed E-state index contributed by atoms with van der Waals surface area (Å²) in [6.07, 6.45) is 5.79. The number of hydrogen-bond acceptors (Lipinski definition) is 7. The van der Waals surface area contributed by atoms with Crippen molar-refractivity contribution in [1.29, 1.82) is 0 Å². The van der Waals surface area contributed by atoms with E-state index in [9.17, 15) is 13.2 Å². The molecule has 0 aliphatic carbocycles. The van der Waals surface area contributed by atoms with Crippen LogP contribution in [-0.2, 0) is 27.7 Å². The Kier molecular flexibility index (Phi) is 5.05. The standard InChI is InChI=1S/C21H24N4O5S/c1-29-20-21(23-8-7-22-20)30-16-3-2-9-24(13-16)31(27,28)17-11-14-4-5-18(26)25-10-6-15(12-17)19(14)25/h7-8,11-12,16H,2-6,9-10,13H2,1H3. The van der Waals surface area contributed by atoms with E-state index in [4.69, 9.17) is 9.47 Å². The van der Waals surface area contributed by atoms with Crippen LogP contribution in [0.4, 0.5) is 5.69 Å². The third kappa shape index (κ3) is 3.53. The first-order valence-corrected chi connectivity index (χ1v) is 11.9. The predicted molar refractivity (Wildman–Crippen MR) is 112 cm³/mol. The van der Waals surface area contributed by atoms with Crippen molar-refractivity contribution in [2.75, 3.05) is 31.6 Å². The van der Waals surface area contributed by atoms with Crippen LogP contribution in [0.2, 0.25) is 0 Å². The molecule has 1 atom stereocenters. The van der Waals surface area contributed by atoms with Crippen LogP contribution >= 0.6 is 0 Å². The number of amides is 1. The summed E-state index contributed by atoms with van der Waals surface area (Å²) in [6, 6.07) is 3.48. The summed E-state index contributed by atoms with van der Waals surface area (Å²) >= 11 is 0. The second kappa shape index (κ2) is 7.76. The molecule has 1 fully saturated rings. The highest BCUT2D eigenvalue weighted by molar-refractivity contribution is 7.89. The van der Waals surface area contributed by atoms with Gasteiger partial charge < -0.3 is 14.4 Å². The minimum absolute atomic E-state index is 0.123. The maximum atomic E-state index is 13.5. The van der Waals surface area contributed by atoms with E-state index in [2.05, 4.69) is 9.97 Å². The molecule has 1 saturated heterocycles. The van der Waals surface area contributed by atoms with Crippen molar-refractivity contribution < 1.29 is 22.7 Å². The van der Waals surface area contributed by atoms with Crippen molar-refractivity contribution in [3.63, 3.8) is 0 Å². The zero-order valence-corrected chi connectivity index (χ0v) is 18.1. The first-order valence-electron chi connectivity index (χ1n) is 10.5. The molecule has 0 bridgehead atoms. The number of hydrogen-bond donors (Lipinski definition) is 0. The Morgan fingerprint density at radius 3 is 2.55 bits per heavy atom. The van der Waals surface area contributed by atoms with Crippen LogP contribution in [0.15, 0.2) is 29.4 Å². The fraction of sp³-hybridized carbons (Fsp3) is 0.476. The van der Waals surface area contributed by atoms with Crippen LogP contribution in [0.3, 0.4) is 0 Å². The average molecular weight is 445 g/mol. The molecular formula is C21H24N4O5S. The molecular weight excluding hydrogens is 420 g/mol. The first kappa shape index (κ1) is 20.2. The van der Waals surface area contributed by atoms with E-state index in [1.54, 1.807) is 17.0 Å². The van der Waals surface area contributed by atoms with Gasteiger partial charge >= 0.3 is 0 Å². The molecule has 1 aromatic heterocycles. The highest BCUT2D eigenvalue weighted by atomic mass is 32.2. The molecule has 1 unspecified atom stereocenters. The van der Waals surface area contributed by atoms with E-state index in [1.807, 2.05) is 0 Å². The molecule has 0 saturated carbocycles. The summed E-state index contributed by atoms with van der Waals surface area (Å²) in [7, 11) is -2.19. The number of rotatable bonds is 5. The molecule has 1 amide bonds. The fourth-order valence-corrected chi connectivity index (χ4v) is 6.25. The van der Waals surface area contributed by atoms with Crippen molar-refractivity contribution in [3.8, 4) is 11.8 Å². The molecule has 9 nitrogen and oxygen atoms in total. The van der Waals surface area contributed by atoms with Gasteiger partial charge in [-0.25, -0.2) is 18.4 Å². The van der Waals surface area contributed by atoms with Crippen LogP contribution in [0.1, 0.15) is 30.4 Å². The Morgan fingerprint density at radius 2 is 1.77 bits per heavy atom. The maximum absolute atomic E-state index is 13.5. The van der Waals surface area contributed by atoms with Gasteiger partial charge in [0, 0.05) is 31.9 Å². The highest BCUT2D eigenvalue weighted by Gasteiger charge is 2.36. The Bertz CT molecular complexity index is 1140. The van der Waals surface area contributed by atoms with Crippen LogP contribution in [0.25, 0.3) is 0 Å². The minimum Gasteiger partial charge on any atom is -0.477 e. The molecule has 10 heteroatoms. The number of methoxy groups -OCH3 is 1. The third-order valence-electron chi connectivity index (χ3n) is 6.11. The van der Waals surface area contributed by atoms with Crippen LogP contribution in [0, 0.1) is 0 Å². The SMILES string of the molecule is COc1nccnc1OC1CCCN(S(=O)(=O)c2cc3c4c(c2)CCN4C(=O)CC3)C1. The molecule has 4 heterocycles. The monoisotopic (exact) mass is 444 g/mol. The van der Waals surface area contributed by atoms with Gasteiger partial charge in [0.25, 0.3) is 11.8 Å². The van der Waals surface area contributed by atoms with Crippen molar-refractivity contribution in [1.82, 2.24) is 14.3 Å². The average Bonchev–Trinajstić information content (AvgIpc) is 3.22. The molecule has 3 aliphatic heterocycles. The molecule has 0 N–H and O–H groups in total. The summed E-state index contributed by atoms with van der Waals surface area (Å²) in [5.41, 5.74) is 2.81. The summed E-state index contributed by atoms with van der Waals surface area (Å²) in [4.78, 5) is 22.5. The van der Waals surface area contributed by atoms with Crippen molar-refractivity contribution >= 4 is 21.6 Å². The van der Waals surface area contributed by atoms with E-state index < -0.39 is 10.0 Å². The second-order valence-corrected chi connectivity index (χ2v) is 9.94. The number of anilines is 1. The van der Waals surface area contributed by atoms with Gasteiger partial charge in [0.2, 0.25) is 15.9 Å². The van der Waals surface area contributed by atoms with Crippen molar-refractivity contribution in [2.45, 2.75) is 43.1 Å². The first-order chi connectivity index (χ1) is 15.0. The van der Waals surface area contributed by atoms with E-state index in [-0.39, 0.29) is 30.3 Å². The van der Waals surface area contributed by atoms with Gasteiger partial charge in [-0.1, -0.05) is 0 Å². The largest absolute Gasteiger partial charge is 0.477 e. The van der Waals surface area contributed by atoms with Crippen LogP contribution < -0.4 is 14.4 Å². The Balaban J connectivity index is 1.39. The fourth-order valence-electron chi connectivity index (χ4n) is 4.63. The zero-order chi connectivity index (χ0) is 21.6. The van der Waals surface area contributed by atoms with Gasteiger partial charge in [0.05, 0.1) is 24.2 Å². The molecule has 1 aromatic carbocycles. The van der Waals surface area contributed by atoms with Crippen molar-refractivity contribution in [2.24, 2.45) is 0 Å². The number of sulfonamides is 1. The van der Waals surface area contributed by atoms with Gasteiger partial charge in [0.15, 0.2) is 0 Å². The molecule has 3 aliphatic rings. The topological polar surface area (TPSA) is 102 Å². The highest BCUT2D eigenvalue weighted by Crippen LogP contribution is 2.39. The number of nitrogens with zero attached hydrogens (tertiary/aromatic N) is 4. The number of piperidine rings is 1. The second-order valence-electron chi connectivity index (χ2n) is 8.00. The lowest BCUT2D eigenvalue weighted by atomic mass is 10.00. The molecule has 5 rings (SSSR count). The van der Waals surface area contributed by atoms with Gasteiger partial charge in [-0.05, 0) is 48.9 Å². The number of aromatic nitrogens is 2. The van der Waals surface area contributed by atoms with Crippen LogP contribution in [-0.4, -0.2) is 61.4 Å². The number of carbonyl (C=O) groups is 1. The van der Waals surface area contributed by atoms with E-state index in [1.165, 1.54) is 23.8 Å². The minimum atomic E-state index is -3.68. The summed E-state index contributed by atoms with van der Waals surface area (Å²) in [5.74, 6) is 0.664. The Labute approximate surface area is 181 Å².